The van der Waals surface area contributed by atoms with E-state index in [1.807, 2.05) is 27.7 Å². The molecule has 1 saturated carbocycles. The van der Waals surface area contributed by atoms with Crippen molar-refractivity contribution in [1.82, 2.24) is 15.5 Å². The zero-order chi connectivity index (χ0) is 27.0. The van der Waals surface area contributed by atoms with Crippen LogP contribution in [0.2, 0.25) is 0 Å². The van der Waals surface area contributed by atoms with Crippen LogP contribution in [-0.2, 0) is 9.53 Å². The highest BCUT2D eigenvalue weighted by atomic mass is 16.6. The number of amides is 2. The topological polar surface area (TPSA) is 147 Å². The summed E-state index contributed by atoms with van der Waals surface area (Å²) in [6.45, 7) is 8.00. The number of rotatable bonds is 10. The number of aliphatic imine (C=N–C) groups is 1. The minimum Gasteiger partial charge on any atom is -0.507 e. The van der Waals surface area contributed by atoms with E-state index in [2.05, 4.69) is 25.8 Å². The van der Waals surface area contributed by atoms with E-state index < -0.39 is 12.0 Å². The number of anilines is 1. The van der Waals surface area contributed by atoms with Gasteiger partial charge >= 0.3 is 6.09 Å². The van der Waals surface area contributed by atoms with Gasteiger partial charge in [0.25, 0.3) is 5.91 Å². The van der Waals surface area contributed by atoms with Crippen molar-refractivity contribution in [1.29, 1.82) is 0 Å². The molecule has 1 aromatic carbocycles. The van der Waals surface area contributed by atoms with Crippen LogP contribution >= 0.6 is 0 Å². The Balaban J connectivity index is 1.54. The first-order valence-corrected chi connectivity index (χ1v) is 12.5. The second-order valence-corrected chi connectivity index (χ2v) is 10.1. The van der Waals surface area contributed by atoms with Crippen LogP contribution < -0.4 is 20.1 Å². The summed E-state index contributed by atoms with van der Waals surface area (Å²) in [6, 6.07) is 4.83. The number of aromatic amines is 1. The summed E-state index contributed by atoms with van der Waals surface area (Å²) in [6.07, 6.45) is 4.08. The lowest BCUT2D eigenvalue weighted by Gasteiger charge is -2.22. The Morgan fingerprint density at radius 1 is 1.27 bits per heavy atom. The van der Waals surface area contributed by atoms with E-state index in [1.165, 1.54) is 19.4 Å². The van der Waals surface area contributed by atoms with Gasteiger partial charge in [-0.15, -0.1) is 0 Å². The third kappa shape index (κ3) is 8.40. The number of phenols is 1. The number of carbonyl (C=O) groups is 2. The maximum atomic E-state index is 12.5. The molecule has 2 amide bonds. The second-order valence-electron chi connectivity index (χ2n) is 10.1. The van der Waals surface area contributed by atoms with Crippen LogP contribution in [0.1, 0.15) is 70.6 Å². The molecule has 202 valence electrons. The maximum absolute atomic E-state index is 12.5. The van der Waals surface area contributed by atoms with E-state index in [1.54, 1.807) is 12.1 Å². The van der Waals surface area contributed by atoms with Crippen LogP contribution in [0.15, 0.2) is 23.2 Å². The Kier molecular flexibility index (Phi) is 9.37. The summed E-state index contributed by atoms with van der Waals surface area (Å²) in [7, 11) is 1.48. The standard InChI is InChI=1S/C26H37N5O6/c1-6-9-27-14-19-21(32)11-18(35-5)12-22(19)36-15-24(33)28-23-13-20(30-31-23)16-7-8-17(10-16)37-25(34)29-26(2,3)4/h11-14,16-17,32H,6-10,15H2,1-5H3,(H,29,34)(H2,28,30,31,33)/b27-14+/t16-,17+/m0/s1. The molecule has 3 rings (SSSR count). The van der Waals surface area contributed by atoms with Gasteiger partial charge in [0.15, 0.2) is 12.4 Å². The Hall–Kier alpha value is -3.76. The van der Waals surface area contributed by atoms with Gasteiger partial charge in [0.1, 0.15) is 23.4 Å². The number of nitrogens with one attached hydrogen (secondary N) is 3. The lowest BCUT2D eigenvalue weighted by Crippen LogP contribution is -2.42. The van der Waals surface area contributed by atoms with E-state index in [-0.39, 0.29) is 35.7 Å². The molecule has 37 heavy (non-hydrogen) atoms. The third-order valence-corrected chi connectivity index (χ3v) is 5.70. The fourth-order valence-electron chi connectivity index (χ4n) is 3.99. The van der Waals surface area contributed by atoms with Crippen LogP contribution in [0, 0.1) is 0 Å². The van der Waals surface area contributed by atoms with Gasteiger partial charge in [0.05, 0.1) is 12.7 Å². The van der Waals surface area contributed by atoms with Gasteiger partial charge in [0.2, 0.25) is 0 Å². The number of phenolic OH excluding ortho intramolecular Hbond substituents is 1. The van der Waals surface area contributed by atoms with E-state index >= 15 is 0 Å². The van der Waals surface area contributed by atoms with Crippen LogP contribution in [-0.4, -0.2) is 65.4 Å². The van der Waals surface area contributed by atoms with E-state index in [9.17, 15) is 14.7 Å². The second kappa shape index (κ2) is 12.5. The normalized spacial score (nSPS) is 17.5. The number of ether oxygens (including phenoxy) is 3. The van der Waals surface area contributed by atoms with E-state index in [0.717, 1.165) is 25.0 Å². The first kappa shape index (κ1) is 27.8. The summed E-state index contributed by atoms with van der Waals surface area (Å²) >= 11 is 0. The molecule has 0 unspecified atom stereocenters. The summed E-state index contributed by atoms with van der Waals surface area (Å²) in [5, 5.41) is 23.0. The lowest BCUT2D eigenvalue weighted by atomic mass is 10.0. The van der Waals surface area contributed by atoms with Crippen molar-refractivity contribution < 1.29 is 28.9 Å². The molecule has 0 spiro atoms. The fraction of sp³-hybridized carbons (Fsp3) is 0.538. The molecule has 11 heteroatoms. The molecule has 1 fully saturated rings. The highest BCUT2D eigenvalue weighted by Crippen LogP contribution is 2.36. The predicted molar refractivity (Wildman–Crippen MR) is 140 cm³/mol. The highest BCUT2D eigenvalue weighted by Gasteiger charge is 2.30. The number of benzene rings is 1. The monoisotopic (exact) mass is 515 g/mol. The van der Waals surface area contributed by atoms with Crippen LogP contribution in [0.4, 0.5) is 10.6 Å². The van der Waals surface area contributed by atoms with Crippen LogP contribution in [0.5, 0.6) is 17.2 Å². The van der Waals surface area contributed by atoms with Crippen molar-refractivity contribution in [3.8, 4) is 17.2 Å². The van der Waals surface area contributed by atoms with Gasteiger partial charge < -0.3 is 30.0 Å². The molecule has 0 saturated heterocycles. The molecule has 4 N–H and O–H groups in total. The predicted octanol–water partition coefficient (Wildman–Crippen LogP) is 4.13. The number of carbonyl (C=O) groups excluding carboxylic acids is 2. The van der Waals surface area contributed by atoms with Crippen molar-refractivity contribution in [2.24, 2.45) is 4.99 Å². The zero-order valence-electron chi connectivity index (χ0n) is 22.1. The van der Waals surface area contributed by atoms with Crippen molar-refractivity contribution in [3.05, 3.63) is 29.5 Å². The SMILES string of the molecule is CCC/N=C/c1c(O)cc(OC)cc1OCC(=O)Nc1cc([C@H]2CC[C@@H](OC(=O)NC(C)(C)C)C2)[nH]n1. The van der Waals surface area contributed by atoms with E-state index in [0.29, 0.717) is 30.1 Å². The van der Waals surface area contributed by atoms with Crippen molar-refractivity contribution in [2.45, 2.75) is 70.9 Å². The Morgan fingerprint density at radius 2 is 2.05 bits per heavy atom. The van der Waals surface area contributed by atoms with Crippen molar-refractivity contribution in [3.63, 3.8) is 0 Å². The zero-order valence-corrected chi connectivity index (χ0v) is 22.1. The molecular formula is C26H37N5O6. The molecule has 0 radical (unpaired) electrons. The highest BCUT2D eigenvalue weighted by molar-refractivity contribution is 5.92. The lowest BCUT2D eigenvalue weighted by molar-refractivity contribution is -0.118. The summed E-state index contributed by atoms with van der Waals surface area (Å²) in [4.78, 5) is 28.8. The van der Waals surface area contributed by atoms with Crippen LogP contribution in [0.3, 0.4) is 0 Å². The van der Waals surface area contributed by atoms with Crippen molar-refractivity contribution >= 4 is 24.0 Å². The first-order valence-electron chi connectivity index (χ1n) is 12.5. The molecule has 1 aliphatic rings. The summed E-state index contributed by atoms with van der Waals surface area (Å²) in [5.74, 6) is 0.724. The molecule has 2 atom stereocenters. The quantitative estimate of drug-likeness (QED) is 0.348. The largest absolute Gasteiger partial charge is 0.507 e. The molecule has 2 aromatic rings. The van der Waals surface area contributed by atoms with Gasteiger partial charge in [-0.3, -0.25) is 14.9 Å². The van der Waals surface area contributed by atoms with Gasteiger partial charge in [-0.05, 0) is 46.5 Å². The van der Waals surface area contributed by atoms with Gasteiger partial charge in [0, 0.05) is 48.1 Å². The number of nitrogens with zero attached hydrogens (tertiary/aromatic N) is 2. The Bertz CT molecular complexity index is 1110. The number of hydrogen-bond donors (Lipinski definition) is 4. The number of aromatic nitrogens is 2. The first-order chi connectivity index (χ1) is 17.6. The smallest absolute Gasteiger partial charge is 0.407 e. The number of alkyl carbamates (subject to hydrolysis) is 1. The number of H-pyrrole nitrogens is 1. The maximum Gasteiger partial charge on any atom is 0.407 e. The average molecular weight is 516 g/mol. The van der Waals surface area contributed by atoms with E-state index in [4.69, 9.17) is 14.2 Å². The third-order valence-electron chi connectivity index (χ3n) is 5.70. The summed E-state index contributed by atoms with van der Waals surface area (Å²) in [5.41, 5.74) is 0.885. The minimum absolute atomic E-state index is 0.0544. The molecule has 1 aromatic heterocycles. The number of aromatic hydroxyl groups is 1. The molecular weight excluding hydrogens is 478 g/mol. The Labute approximate surface area is 217 Å². The fourth-order valence-corrected chi connectivity index (χ4v) is 3.99. The minimum atomic E-state index is -0.417. The molecule has 11 nitrogen and oxygen atoms in total. The van der Waals surface area contributed by atoms with Crippen LogP contribution in [0.25, 0.3) is 0 Å². The Morgan fingerprint density at radius 3 is 2.76 bits per heavy atom. The number of hydrogen-bond acceptors (Lipinski definition) is 8. The van der Waals surface area contributed by atoms with Crippen molar-refractivity contribution in [2.75, 3.05) is 25.6 Å². The van der Waals surface area contributed by atoms with Gasteiger partial charge in [-0.1, -0.05) is 6.92 Å². The molecule has 0 aliphatic heterocycles. The summed E-state index contributed by atoms with van der Waals surface area (Å²) < 4.78 is 16.4. The molecule has 0 bridgehead atoms. The number of methoxy groups -OCH3 is 1. The van der Waals surface area contributed by atoms with Gasteiger partial charge in [-0.25, -0.2) is 4.79 Å². The average Bonchev–Trinajstić information content (AvgIpc) is 3.47. The molecule has 1 heterocycles. The molecule has 1 aliphatic carbocycles. The van der Waals surface area contributed by atoms with Gasteiger partial charge in [-0.2, -0.15) is 5.10 Å².